The summed E-state index contributed by atoms with van der Waals surface area (Å²) in [6, 6.07) is 7.57. The lowest BCUT2D eigenvalue weighted by Gasteiger charge is -2.29. The van der Waals surface area contributed by atoms with E-state index in [0.717, 1.165) is 11.3 Å². The Hall–Kier alpha value is -1.55. The maximum absolute atomic E-state index is 11.6. The van der Waals surface area contributed by atoms with E-state index in [1.165, 1.54) is 4.90 Å². The molecule has 16 heavy (non-hydrogen) atoms. The normalized spacial score (nSPS) is 24.7. The van der Waals surface area contributed by atoms with Crippen molar-refractivity contribution in [2.24, 2.45) is 0 Å². The molecule has 86 valence electrons. The third-order valence-corrected chi connectivity index (χ3v) is 2.86. The number of rotatable bonds is 2. The minimum Gasteiger partial charge on any atom is -0.447 e. The van der Waals surface area contributed by atoms with Gasteiger partial charge in [-0.25, -0.2) is 4.79 Å². The van der Waals surface area contributed by atoms with Crippen molar-refractivity contribution in [3.63, 3.8) is 0 Å². The number of amides is 1. The average Bonchev–Trinajstić information content (AvgIpc) is 2.58. The molecule has 1 saturated heterocycles. The molecule has 4 nitrogen and oxygen atoms in total. The van der Waals surface area contributed by atoms with E-state index < -0.39 is 11.6 Å². The molecule has 0 spiro atoms. The van der Waals surface area contributed by atoms with Gasteiger partial charge in [-0.3, -0.25) is 4.90 Å². The standard InChI is InChI=1S/C12H15NO3/c1-9-3-5-10(6-4-9)13-11(15)16-8-12(13,2)7-14/h3-6,14H,7-8H2,1-2H3. The molecule has 1 amide bonds. The number of hydrogen-bond donors (Lipinski definition) is 1. The Balaban J connectivity index is 2.37. The van der Waals surface area contributed by atoms with Gasteiger partial charge in [0.2, 0.25) is 0 Å². The zero-order chi connectivity index (χ0) is 11.8. The first-order valence-electron chi connectivity index (χ1n) is 5.21. The molecular formula is C12H15NO3. The van der Waals surface area contributed by atoms with E-state index in [9.17, 15) is 9.90 Å². The van der Waals surface area contributed by atoms with E-state index in [0.29, 0.717) is 0 Å². The summed E-state index contributed by atoms with van der Waals surface area (Å²) >= 11 is 0. The molecule has 0 bridgehead atoms. The second kappa shape index (κ2) is 3.79. The summed E-state index contributed by atoms with van der Waals surface area (Å²) in [7, 11) is 0. The third kappa shape index (κ3) is 1.65. The van der Waals surface area contributed by atoms with Crippen molar-refractivity contribution < 1.29 is 14.6 Å². The summed E-state index contributed by atoms with van der Waals surface area (Å²) in [6.07, 6.45) is -0.402. The number of carbonyl (C=O) groups excluding carboxylic acids is 1. The van der Waals surface area contributed by atoms with Gasteiger partial charge in [0, 0.05) is 5.69 Å². The van der Waals surface area contributed by atoms with Gasteiger partial charge in [0.15, 0.2) is 0 Å². The number of anilines is 1. The molecule has 1 atom stereocenters. The van der Waals surface area contributed by atoms with Crippen LogP contribution < -0.4 is 4.90 Å². The Bertz CT molecular complexity index is 401. The molecule has 2 rings (SSSR count). The van der Waals surface area contributed by atoms with Gasteiger partial charge in [-0.2, -0.15) is 0 Å². The fourth-order valence-corrected chi connectivity index (χ4v) is 1.79. The molecule has 1 unspecified atom stereocenters. The SMILES string of the molecule is Cc1ccc(N2C(=O)OCC2(C)CO)cc1. The molecule has 1 N–H and O–H groups in total. The topological polar surface area (TPSA) is 49.8 Å². The highest BCUT2D eigenvalue weighted by Gasteiger charge is 2.44. The van der Waals surface area contributed by atoms with E-state index >= 15 is 0 Å². The number of ether oxygens (including phenoxy) is 1. The average molecular weight is 221 g/mol. The largest absolute Gasteiger partial charge is 0.447 e. The highest BCUT2D eigenvalue weighted by Crippen LogP contribution is 2.30. The highest BCUT2D eigenvalue weighted by molar-refractivity contribution is 5.91. The zero-order valence-corrected chi connectivity index (χ0v) is 9.43. The first-order chi connectivity index (χ1) is 7.57. The molecular weight excluding hydrogens is 206 g/mol. The smallest absolute Gasteiger partial charge is 0.415 e. The van der Waals surface area contributed by atoms with Crippen molar-refractivity contribution in [2.75, 3.05) is 18.1 Å². The van der Waals surface area contributed by atoms with Crippen LogP contribution in [0.15, 0.2) is 24.3 Å². The lowest BCUT2D eigenvalue weighted by Crippen LogP contribution is -2.47. The van der Waals surface area contributed by atoms with Gasteiger partial charge in [-0.1, -0.05) is 17.7 Å². The van der Waals surface area contributed by atoms with Crippen molar-refractivity contribution in [2.45, 2.75) is 19.4 Å². The van der Waals surface area contributed by atoms with E-state index in [1.807, 2.05) is 31.2 Å². The predicted molar refractivity (Wildman–Crippen MR) is 60.5 cm³/mol. The van der Waals surface area contributed by atoms with Crippen LogP contribution in [0.1, 0.15) is 12.5 Å². The highest BCUT2D eigenvalue weighted by atomic mass is 16.6. The summed E-state index contributed by atoms with van der Waals surface area (Å²) < 4.78 is 4.98. The Morgan fingerprint density at radius 3 is 2.62 bits per heavy atom. The summed E-state index contributed by atoms with van der Waals surface area (Å²) in [5, 5.41) is 9.36. The van der Waals surface area contributed by atoms with E-state index in [2.05, 4.69) is 0 Å². The number of nitrogens with zero attached hydrogens (tertiary/aromatic N) is 1. The van der Waals surface area contributed by atoms with Crippen molar-refractivity contribution in [1.82, 2.24) is 0 Å². The van der Waals surface area contributed by atoms with Crippen molar-refractivity contribution >= 4 is 11.8 Å². The molecule has 4 heteroatoms. The van der Waals surface area contributed by atoms with E-state index in [1.54, 1.807) is 6.92 Å². The molecule has 0 aliphatic carbocycles. The van der Waals surface area contributed by atoms with Gasteiger partial charge in [0.1, 0.15) is 12.1 Å². The van der Waals surface area contributed by atoms with Crippen molar-refractivity contribution in [1.29, 1.82) is 0 Å². The second-order valence-electron chi connectivity index (χ2n) is 4.38. The Morgan fingerprint density at radius 1 is 1.44 bits per heavy atom. The van der Waals surface area contributed by atoms with Crippen molar-refractivity contribution in [3.8, 4) is 0 Å². The molecule has 1 aliphatic rings. The number of aryl methyl sites for hydroxylation is 1. The fourth-order valence-electron chi connectivity index (χ4n) is 1.79. The summed E-state index contributed by atoms with van der Waals surface area (Å²) in [6.45, 7) is 3.89. The third-order valence-electron chi connectivity index (χ3n) is 2.86. The lowest BCUT2D eigenvalue weighted by atomic mass is 10.0. The minimum atomic E-state index is -0.660. The summed E-state index contributed by atoms with van der Waals surface area (Å²) in [4.78, 5) is 13.1. The molecule has 1 aliphatic heterocycles. The van der Waals surface area contributed by atoms with Crippen LogP contribution >= 0.6 is 0 Å². The Kier molecular flexibility index (Phi) is 2.59. The van der Waals surface area contributed by atoms with Gasteiger partial charge in [0.05, 0.1) is 6.61 Å². The predicted octanol–water partition coefficient (Wildman–Crippen LogP) is 1.70. The first kappa shape index (κ1) is 11.0. The van der Waals surface area contributed by atoms with Crippen LogP contribution in [0.2, 0.25) is 0 Å². The van der Waals surface area contributed by atoms with Gasteiger partial charge in [-0.15, -0.1) is 0 Å². The van der Waals surface area contributed by atoms with Crippen LogP contribution in [0.25, 0.3) is 0 Å². The van der Waals surface area contributed by atoms with Gasteiger partial charge < -0.3 is 9.84 Å². The number of carbonyl (C=O) groups is 1. The van der Waals surface area contributed by atoms with Crippen LogP contribution in [0.3, 0.4) is 0 Å². The number of aliphatic hydroxyl groups is 1. The minimum absolute atomic E-state index is 0.118. The molecule has 0 aromatic heterocycles. The van der Waals surface area contributed by atoms with Gasteiger partial charge >= 0.3 is 6.09 Å². The van der Waals surface area contributed by atoms with Crippen LogP contribution in [0.5, 0.6) is 0 Å². The molecule has 1 fully saturated rings. The molecule has 0 radical (unpaired) electrons. The maximum atomic E-state index is 11.6. The van der Waals surface area contributed by atoms with E-state index in [4.69, 9.17) is 4.74 Å². The lowest BCUT2D eigenvalue weighted by molar-refractivity contribution is 0.155. The maximum Gasteiger partial charge on any atom is 0.415 e. The number of benzene rings is 1. The van der Waals surface area contributed by atoms with E-state index in [-0.39, 0.29) is 13.2 Å². The number of hydrogen-bond acceptors (Lipinski definition) is 3. The monoisotopic (exact) mass is 221 g/mol. The second-order valence-corrected chi connectivity index (χ2v) is 4.38. The number of aliphatic hydroxyl groups excluding tert-OH is 1. The molecule has 1 heterocycles. The van der Waals surface area contributed by atoms with Crippen LogP contribution in [0.4, 0.5) is 10.5 Å². The van der Waals surface area contributed by atoms with Crippen molar-refractivity contribution in [3.05, 3.63) is 29.8 Å². The molecule has 1 aromatic rings. The number of cyclic esters (lactones) is 1. The Labute approximate surface area is 94.4 Å². The summed E-state index contributed by atoms with van der Waals surface area (Å²) in [5.41, 5.74) is 1.22. The molecule has 1 aromatic carbocycles. The zero-order valence-electron chi connectivity index (χ0n) is 9.43. The Morgan fingerprint density at radius 2 is 2.06 bits per heavy atom. The fraction of sp³-hybridized carbons (Fsp3) is 0.417. The van der Waals surface area contributed by atoms with Crippen LogP contribution in [-0.2, 0) is 4.74 Å². The summed E-state index contributed by atoms with van der Waals surface area (Å²) in [5.74, 6) is 0. The molecule has 0 saturated carbocycles. The van der Waals surface area contributed by atoms with Gasteiger partial charge in [-0.05, 0) is 26.0 Å². The van der Waals surface area contributed by atoms with Gasteiger partial charge in [0.25, 0.3) is 0 Å². The van der Waals surface area contributed by atoms with Crippen LogP contribution in [0, 0.1) is 6.92 Å². The van der Waals surface area contributed by atoms with Crippen LogP contribution in [-0.4, -0.2) is 30.0 Å². The first-order valence-corrected chi connectivity index (χ1v) is 5.21. The quantitative estimate of drug-likeness (QED) is 0.827.